The zero-order valence-corrected chi connectivity index (χ0v) is 16.4. The van der Waals surface area contributed by atoms with E-state index in [1.54, 1.807) is 0 Å². The van der Waals surface area contributed by atoms with E-state index in [1.807, 2.05) is 6.08 Å². The number of nitrogens with zero attached hydrogens (tertiary/aromatic N) is 1. The number of rotatable bonds is 12. The van der Waals surface area contributed by atoms with Gasteiger partial charge in [0.15, 0.2) is 6.04 Å². The quantitative estimate of drug-likeness (QED) is 0.292. The van der Waals surface area contributed by atoms with Gasteiger partial charge in [0.2, 0.25) is 0 Å². The van der Waals surface area contributed by atoms with Gasteiger partial charge in [0.1, 0.15) is 0 Å². The molecule has 0 bridgehead atoms. The van der Waals surface area contributed by atoms with Gasteiger partial charge in [-0.2, -0.15) is 0 Å². The molecule has 0 unspecified atom stereocenters. The van der Waals surface area contributed by atoms with Gasteiger partial charge in [-0.3, -0.25) is 4.99 Å². The third-order valence-corrected chi connectivity index (χ3v) is 4.22. The molecule has 0 aromatic heterocycles. The van der Waals surface area contributed by atoms with Gasteiger partial charge >= 0.3 is 5.97 Å². The van der Waals surface area contributed by atoms with E-state index < -0.39 is 0 Å². The average Bonchev–Trinajstić information content (AvgIpc) is 3.26. The minimum absolute atomic E-state index is 0.251. The average molecular weight is 435 g/mol. The first-order chi connectivity index (χ1) is 10.6. The normalized spacial score (nSPS) is 16.5. The van der Waals surface area contributed by atoms with E-state index in [0.717, 1.165) is 21.9 Å². The Hall–Kier alpha value is -0.420. The summed E-state index contributed by atoms with van der Waals surface area (Å²) in [7, 11) is 1.40. The molecular formula is C17H25Br2NO2. The van der Waals surface area contributed by atoms with E-state index in [9.17, 15) is 4.79 Å². The number of unbranched alkanes of at least 4 members (excludes halogenated alkanes) is 8. The molecular weight excluding hydrogens is 410 g/mol. The maximum absolute atomic E-state index is 11.1. The molecule has 0 aliphatic carbocycles. The van der Waals surface area contributed by atoms with Crippen LogP contribution in [-0.2, 0) is 9.53 Å². The van der Waals surface area contributed by atoms with Crippen LogP contribution in [0.4, 0.5) is 0 Å². The Kier molecular flexibility index (Phi) is 10.8. The smallest absolute Gasteiger partial charge is 0.336 e. The molecule has 1 aliphatic heterocycles. The largest absolute Gasteiger partial charge is 0.467 e. The summed E-state index contributed by atoms with van der Waals surface area (Å²) in [5.41, 5.74) is 0.857. The monoisotopic (exact) mass is 433 g/mol. The van der Waals surface area contributed by atoms with E-state index in [1.165, 1.54) is 52.1 Å². The molecule has 124 valence electrons. The summed E-state index contributed by atoms with van der Waals surface area (Å²) in [6, 6.07) is -0.318. The molecule has 0 saturated carbocycles. The second kappa shape index (κ2) is 12.1. The molecule has 22 heavy (non-hydrogen) atoms. The Balaban J connectivity index is 1.84. The molecule has 0 radical (unpaired) electrons. The summed E-state index contributed by atoms with van der Waals surface area (Å²) >= 11 is 6.73. The van der Waals surface area contributed by atoms with Crippen molar-refractivity contribution in [1.82, 2.24) is 0 Å². The fourth-order valence-corrected chi connectivity index (χ4v) is 2.69. The molecule has 1 aliphatic rings. The minimum Gasteiger partial charge on any atom is -0.467 e. The van der Waals surface area contributed by atoms with Crippen LogP contribution in [0.5, 0.6) is 0 Å². The summed E-state index contributed by atoms with van der Waals surface area (Å²) in [6.45, 7) is 0. The predicted octanol–water partition coefficient (Wildman–Crippen LogP) is 5.68. The Morgan fingerprint density at radius 3 is 2.27 bits per heavy atom. The van der Waals surface area contributed by atoms with Gasteiger partial charge in [0.25, 0.3) is 0 Å². The molecule has 5 heteroatoms. The second-order valence-corrected chi connectivity index (χ2v) is 8.20. The molecule has 0 aromatic rings. The van der Waals surface area contributed by atoms with Gasteiger partial charge in [0, 0.05) is 0 Å². The SMILES string of the molecule is COC(=O)[C@H]1N=C1C=CCCCCCCCCCC=C(Br)Br. The van der Waals surface area contributed by atoms with E-state index in [0.29, 0.717) is 0 Å². The van der Waals surface area contributed by atoms with Crippen molar-refractivity contribution in [3.05, 3.63) is 21.6 Å². The number of halogens is 2. The molecule has 0 amide bonds. The van der Waals surface area contributed by atoms with Crippen molar-refractivity contribution in [1.29, 1.82) is 0 Å². The van der Waals surface area contributed by atoms with Gasteiger partial charge in [0.05, 0.1) is 16.2 Å². The van der Waals surface area contributed by atoms with Crippen LogP contribution in [0, 0.1) is 0 Å². The first-order valence-electron chi connectivity index (χ1n) is 7.98. The molecule has 0 fully saturated rings. The molecule has 1 atom stereocenters. The van der Waals surface area contributed by atoms with Crippen LogP contribution in [0.1, 0.15) is 57.8 Å². The molecule has 0 N–H and O–H groups in total. The van der Waals surface area contributed by atoms with Gasteiger partial charge in [-0.1, -0.05) is 44.3 Å². The van der Waals surface area contributed by atoms with Crippen LogP contribution in [0.2, 0.25) is 0 Å². The number of allylic oxidation sites excluding steroid dienone is 2. The van der Waals surface area contributed by atoms with Crippen molar-refractivity contribution < 1.29 is 9.53 Å². The summed E-state index contributed by atoms with van der Waals surface area (Å²) in [5, 5.41) is 0. The first-order valence-corrected chi connectivity index (χ1v) is 9.57. The molecule has 1 rings (SSSR count). The number of carbonyl (C=O) groups excluding carboxylic acids is 1. The number of esters is 1. The molecule has 0 aromatic carbocycles. The van der Waals surface area contributed by atoms with Crippen molar-refractivity contribution in [2.75, 3.05) is 7.11 Å². The van der Waals surface area contributed by atoms with Crippen LogP contribution in [0.3, 0.4) is 0 Å². The lowest BCUT2D eigenvalue weighted by atomic mass is 10.1. The number of carbonyl (C=O) groups is 1. The van der Waals surface area contributed by atoms with E-state index >= 15 is 0 Å². The fourth-order valence-electron chi connectivity index (χ4n) is 2.24. The Morgan fingerprint density at radius 2 is 1.68 bits per heavy atom. The maximum atomic E-state index is 11.1. The molecule has 0 spiro atoms. The zero-order chi connectivity index (χ0) is 16.2. The van der Waals surface area contributed by atoms with Gasteiger partial charge in [-0.05, 0) is 63.6 Å². The lowest BCUT2D eigenvalue weighted by Crippen LogP contribution is -2.12. The van der Waals surface area contributed by atoms with Crippen molar-refractivity contribution in [2.45, 2.75) is 63.8 Å². The highest BCUT2D eigenvalue weighted by atomic mass is 79.9. The number of methoxy groups -OCH3 is 1. The van der Waals surface area contributed by atoms with Crippen LogP contribution >= 0.6 is 31.9 Å². The van der Waals surface area contributed by atoms with E-state index in [4.69, 9.17) is 0 Å². The van der Waals surface area contributed by atoms with Crippen LogP contribution in [-0.4, -0.2) is 24.8 Å². The maximum Gasteiger partial charge on any atom is 0.336 e. The fraction of sp³-hybridized carbons (Fsp3) is 0.647. The van der Waals surface area contributed by atoms with Crippen molar-refractivity contribution in [3.63, 3.8) is 0 Å². The number of ether oxygens (including phenoxy) is 1. The molecule has 1 heterocycles. The Bertz CT molecular complexity index is 426. The number of hydrogen-bond acceptors (Lipinski definition) is 3. The highest BCUT2D eigenvalue weighted by Gasteiger charge is 2.33. The summed E-state index contributed by atoms with van der Waals surface area (Å²) in [6.07, 6.45) is 17.5. The van der Waals surface area contributed by atoms with Gasteiger partial charge in [-0.25, -0.2) is 4.79 Å². The summed E-state index contributed by atoms with van der Waals surface area (Å²) in [5.74, 6) is -0.251. The first kappa shape index (κ1) is 19.6. The second-order valence-electron chi connectivity index (χ2n) is 5.43. The lowest BCUT2D eigenvalue weighted by Gasteiger charge is -2.00. The minimum atomic E-state index is -0.318. The van der Waals surface area contributed by atoms with Crippen LogP contribution in [0.15, 0.2) is 26.6 Å². The Morgan fingerprint density at radius 1 is 1.09 bits per heavy atom. The molecule has 3 nitrogen and oxygen atoms in total. The third kappa shape index (κ3) is 9.57. The summed E-state index contributed by atoms with van der Waals surface area (Å²) < 4.78 is 5.69. The van der Waals surface area contributed by atoms with Crippen LogP contribution < -0.4 is 0 Å². The van der Waals surface area contributed by atoms with Crippen LogP contribution in [0.25, 0.3) is 0 Å². The lowest BCUT2D eigenvalue weighted by molar-refractivity contribution is -0.139. The van der Waals surface area contributed by atoms with Crippen molar-refractivity contribution in [3.8, 4) is 0 Å². The summed E-state index contributed by atoms with van der Waals surface area (Å²) in [4.78, 5) is 15.2. The Labute approximate surface area is 150 Å². The van der Waals surface area contributed by atoms with Crippen molar-refractivity contribution in [2.24, 2.45) is 4.99 Å². The highest BCUT2D eigenvalue weighted by Crippen LogP contribution is 2.17. The van der Waals surface area contributed by atoms with Crippen molar-refractivity contribution >= 4 is 43.5 Å². The zero-order valence-electron chi connectivity index (χ0n) is 13.2. The van der Waals surface area contributed by atoms with E-state index in [2.05, 4.69) is 53.7 Å². The highest BCUT2D eigenvalue weighted by molar-refractivity contribution is 9.28. The standard InChI is InChI=1S/C17H25Br2NO2/c1-22-17(21)16-14(20-16)12-10-8-6-4-2-3-5-7-9-11-13-15(18)19/h10,12-13,16H,2-9,11H2,1H3/t16-/m0/s1. The van der Waals surface area contributed by atoms with Gasteiger partial charge < -0.3 is 4.74 Å². The predicted molar refractivity (Wildman–Crippen MR) is 99.9 cm³/mol. The topological polar surface area (TPSA) is 38.7 Å². The molecule has 0 saturated heterocycles. The number of hydrogen-bond donors (Lipinski definition) is 0. The third-order valence-electron chi connectivity index (χ3n) is 3.58. The number of aliphatic imine (C=N–C) groups is 1. The van der Waals surface area contributed by atoms with E-state index in [-0.39, 0.29) is 12.0 Å². The van der Waals surface area contributed by atoms with Gasteiger partial charge in [-0.15, -0.1) is 0 Å².